The van der Waals surface area contributed by atoms with Gasteiger partial charge in [-0.15, -0.1) is 11.3 Å². The summed E-state index contributed by atoms with van der Waals surface area (Å²) in [5.41, 5.74) is 2.70. The molecule has 48 heavy (non-hydrogen) atoms. The molecule has 3 heterocycles. The van der Waals surface area contributed by atoms with E-state index in [9.17, 15) is 19.2 Å². The van der Waals surface area contributed by atoms with Crippen LogP contribution >= 0.6 is 11.3 Å². The Hall–Kier alpha value is -4.30. The number of thiazole rings is 1. The minimum Gasteiger partial charge on any atom is -0.356 e. The molecule has 0 saturated carbocycles. The average Bonchev–Trinajstić information content (AvgIpc) is 3.56. The zero-order chi connectivity index (χ0) is 34.6. The van der Waals surface area contributed by atoms with E-state index < -0.39 is 18.0 Å². The largest absolute Gasteiger partial charge is 0.356 e. The lowest BCUT2D eigenvalue weighted by molar-refractivity contribution is -0.687. The first kappa shape index (κ1) is 36.5. The SMILES string of the molecule is CC(=O)NCCCC[C@H](NC(=O)Cc1csc(=N)n1C)C(=O)N[C@@H](Cc1c[n+](Cc2ccccc2)cn1C)C(=O)NC1CCN(C)CC1. The zero-order valence-corrected chi connectivity index (χ0v) is 29.3. The van der Waals surface area contributed by atoms with Crippen LogP contribution in [0.15, 0.2) is 48.2 Å². The predicted molar refractivity (Wildman–Crippen MR) is 183 cm³/mol. The summed E-state index contributed by atoms with van der Waals surface area (Å²) in [6.07, 6.45) is 7.46. The van der Waals surface area contributed by atoms with E-state index in [1.54, 1.807) is 17.0 Å². The van der Waals surface area contributed by atoms with Crippen LogP contribution in [-0.4, -0.2) is 82.5 Å². The van der Waals surface area contributed by atoms with Gasteiger partial charge >= 0.3 is 0 Å². The second-order valence-electron chi connectivity index (χ2n) is 12.7. The molecule has 0 spiro atoms. The van der Waals surface area contributed by atoms with Gasteiger partial charge < -0.3 is 30.7 Å². The third-order valence-corrected chi connectivity index (χ3v) is 9.62. The quantitative estimate of drug-likeness (QED) is 0.110. The Balaban J connectivity index is 1.50. The van der Waals surface area contributed by atoms with Crippen molar-refractivity contribution in [3.8, 4) is 0 Å². The van der Waals surface area contributed by atoms with Crippen molar-refractivity contribution in [2.45, 2.75) is 76.5 Å². The van der Waals surface area contributed by atoms with Gasteiger partial charge in [-0.2, -0.15) is 0 Å². The number of nitrogens with zero attached hydrogens (tertiary/aromatic N) is 4. The van der Waals surface area contributed by atoms with E-state index in [2.05, 4.69) is 49.9 Å². The Labute approximate surface area is 286 Å². The van der Waals surface area contributed by atoms with Gasteiger partial charge in [0.05, 0.1) is 13.5 Å². The number of unbranched alkanes of at least 4 members (excludes halogenated alkanes) is 1. The van der Waals surface area contributed by atoms with E-state index >= 15 is 0 Å². The van der Waals surface area contributed by atoms with Gasteiger partial charge in [0.15, 0.2) is 4.80 Å². The standard InChI is InChI=1S/C34H49N9O4S/c1-24(44)36-15-9-8-12-29(38-31(45)19-28-22-48-34(35)42(28)4)32(46)39-30(33(47)37-26-13-16-40(2)17-14-26)18-27-21-43(23-41(27)3)20-25-10-6-5-7-11-25/h5-7,10-11,21-23,26,29-30,35H,8-9,12-20H2,1-4H3,(H3-,36,37,38,39,44,45,46,47)/p+1/t29-,30-/m0/s1. The van der Waals surface area contributed by atoms with Gasteiger partial charge in [-0.25, -0.2) is 9.13 Å². The third-order valence-electron chi connectivity index (χ3n) is 8.74. The maximum absolute atomic E-state index is 13.9. The number of piperidine rings is 1. The fourth-order valence-corrected chi connectivity index (χ4v) is 6.59. The number of hydrogen-bond donors (Lipinski definition) is 5. The van der Waals surface area contributed by atoms with Crippen molar-refractivity contribution >= 4 is 35.0 Å². The van der Waals surface area contributed by atoms with Gasteiger partial charge in [0, 0.05) is 44.1 Å². The number of aromatic nitrogens is 3. The van der Waals surface area contributed by atoms with Crippen LogP contribution in [0.5, 0.6) is 0 Å². The van der Waals surface area contributed by atoms with E-state index in [1.807, 2.05) is 42.3 Å². The summed E-state index contributed by atoms with van der Waals surface area (Å²) in [7, 11) is 5.72. The van der Waals surface area contributed by atoms with Crippen LogP contribution in [0.2, 0.25) is 0 Å². The minimum absolute atomic E-state index is 0.0158. The summed E-state index contributed by atoms with van der Waals surface area (Å²) in [5.74, 6) is -1.16. The van der Waals surface area contributed by atoms with Gasteiger partial charge in [0.25, 0.3) is 0 Å². The first-order valence-electron chi connectivity index (χ1n) is 16.6. The first-order valence-corrected chi connectivity index (χ1v) is 17.5. The normalized spacial score (nSPS) is 15.0. The summed E-state index contributed by atoms with van der Waals surface area (Å²) < 4.78 is 5.66. The highest BCUT2D eigenvalue weighted by Crippen LogP contribution is 2.11. The van der Waals surface area contributed by atoms with E-state index in [-0.39, 0.29) is 36.6 Å². The average molecular weight is 681 g/mol. The van der Waals surface area contributed by atoms with Gasteiger partial charge in [-0.3, -0.25) is 24.6 Å². The van der Waals surface area contributed by atoms with Crippen molar-refractivity contribution in [3.05, 3.63) is 70.0 Å². The van der Waals surface area contributed by atoms with Crippen LogP contribution in [0.25, 0.3) is 0 Å². The summed E-state index contributed by atoms with van der Waals surface area (Å²) in [4.78, 5) is 54.8. The Bertz CT molecular complexity index is 1590. The number of nitrogens with one attached hydrogen (secondary N) is 5. The molecule has 14 heteroatoms. The third kappa shape index (κ3) is 11.2. The second kappa shape index (κ2) is 17.7. The number of carbonyl (C=O) groups is 4. The topological polar surface area (TPSA) is 157 Å². The van der Waals surface area contributed by atoms with Gasteiger partial charge in [0.1, 0.15) is 30.5 Å². The van der Waals surface area contributed by atoms with Gasteiger partial charge in [0.2, 0.25) is 30.0 Å². The molecule has 0 radical (unpaired) electrons. The number of carbonyl (C=O) groups excluding carboxylic acids is 4. The number of amides is 4. The molecule has 1 aromatic carbocycles. The summed E-state index contributed by atoms with van der Waals surface area (Å²) in [6.45, 7) is 4.36. The van der Waals surface area contributed by atoms with Crippen molar-refractivity contribution in [2.24, 2.45) is 14.1 Å². The Morgan fingerprint density at radius 1 is 0.979 bits per heavy atom. The van der Waals surface area contributed by atoms with Crippen molar-refractivity contribution in [1.29, 1.82) is 5.41 Å². The van der Waals surface area contributed by atoms with Crippen molar-refractivity contribution in [3.63, 3.8) is 0 Å². The molecule has 1 aliphatic heterocycles. The summed E-state index contributed by atoms with van der Waals surface area (Å²) in [6, 6.07) is 8.37. The molecule has 0 aliphatic carbocycles. The molecule has 1 saturated heterocycles. The molecule has 3 aromatic rings. The zero-order valence-electron chi connectivity index (χ0n) is 28.5. The number of rotatable bonds is 16. The lowest BCUT2D eigenvalue weighted by Gasteiger charge is -2.31. The minimum atomic E-state index is -0.885. The molecule has 5 N–H and O–H groups in total. The van der Waals surface area contributed by atoms with E-state index in [0.29, 0.717) is 42.8 Å². The smallest absolute Gasteiger partial charge is 0.244 e. The highest BCUT2D eigenvalue weighted by Gasteiger charge is 2.31. The predicted octanol–water partition coefficient (Wildman–Crippen LogP) is 0.512. The Morgan fingerprint density at radius 3 is 2.38 bits per heavy atom. The fraction of sp³-hybridized carbons (Fsp3) is 0.529. The van der Waals surface area contributed by atoms with Crippen molar-refractivity contribution in [2.75, 3.05) is 26.7 Å². The number of benzene rings is 1. The molecule has 1 aliphatic rings. The monoisotopic (exact) mass is 680 g/mol. The van der Waals surface area contributed by atoms with Crippen LogP contribution < -0.4 is 30.6 Å². The maximum atomic E-state index is 13.9. The van der Waals surface area contributed by atoms with Crippen LogP contribution in [0.1, 0.15) is 56.0 Å². The molecule has 1 fully saturated rings. The van der Waals surface area contributed by atoms with Crippen LogP contribution in [0, 0.1) is 5.41 Å². The van der Waals surface area contributed by atoms with Crippen LogP contribution in [0.4, 0.5) is 0 Å². The second-order valence-corrected chi connectivity index (χ2v) is 13.6. The van der Waals surface area contributed by atoms with Crippen LogP contribution in [0.3, 0.4) is 0 Å². The molecule has 13 nitrogen and oxygen atoms in total. The molecule has 2 aromatic heterocycles. The molecule has 2 atom stereocenters. The number of imidazole rings is 1. The van der Waals surface area contributed by atoms with Gasteiger partial charge in [-0.05, 0) is 57.8 Å². The Kier molecular flexibility index (Phi) is 13.5. The molecule has 0 unspecified atom stereocenters. The van der Waals surface area contributed by atoms with Crippen molar-refractivity contribution in [1.82, 2.24) is 35.3 Å². The fourth-order valence-electron chi connectivity index (χ4n) is 5.82. The summed E-state index contributed by atoms with van der Waals surface area (Å²) >= 11 is 1.23. The Morgan fingerprint density at radius 2 is 1.71 bits per heavy atom. The lowest BCUT2D eigenvalue weighted by atomic mass is 10.0. The molecule has 4 amide bonds. The number of aryl methyl sites for hydroxylation is 1. The van der Waals surface area contributed by atoms with E-state index in [1.165, 1.54) is 18.3 Å². The molecular formula is C34H50N9O4S+. The number of likely N-dealkylation sites (tertiary alicyclic amines) is 1. The van der Waals surface area contributed by atoms with Crippen LogP contribution in [-0.2, 0) is 52.7 Å². The summed E-state index contributed by atoms with van der Waals surface area (Å²) in [5, 5.41) is 21.5. The maximum Gasteiger partial charge on any atom is 0.244 e. The number of hydrogen-bond acceptors (Lipinski definition) is 7. The molecule has 260 valence electrons. The lowest BCUT2D eigenvalue weighted by Crippen LogP contribution is -2.56. The molecule has 4 rings (SSSR count). The highest BCUT2D eigenvalue weighted by molar-refractivity contribution is 7.07. The van der Waals surface area contributed by atoms with Crippen molar-refractivity contribution < 1.29 is 23.7 Å². The van der Waals surface area contributed by atoms with E-state index in [4.69, 9.17) is 5.41 Å². The molecule has 0 bridgehead atoms. The first-order chi connectivity index (χ1) is 23.0. The van der Waals surface area contributed by atoms with E-state index in [0.717, 1.165) is 37.2 Å². The highest BCUT2D eigenvalue weighted by atomic mass is 32.1. The molecular weight excluding hydrogens is 631 g/mol. The van der Waals surface area contributed by atoms with Gasteiger partial charge in [-0.1, -0.05) is 30.3 Å².